The van der Waals surface area contributed by atoms with E-state index in [2.05, 4.69) is 15.6 Å². The number of carbonyl (C=O) groups excluding carboxylic acids is 5. The molecular formula is C35H43IN6O6. The van der Waals surface area contributed by atoms with Crippen LogP contribution < -0.4 is 10.6 Å². The third-order valence-corrected chi connectivity index (χ3v) is 10.8. The quantitative estimate of drug-likeness (QED) is 0.251. The van der Waals surface area contributed by atoms with Crippen LogP contribution in [0, 0.1) is 5.41 Å². The maximum Gasteiger partial charge on any atom is 0.410 e. The first kappa shape index (κ1) is 34.1. The van der Waals surface area contributed by atoms with Crippen LogP contribution in [0.3, 0.4) is 0 Å². The summed E-state index contributed by atoms with van der Waals surface area (Å²) in [4.78, 5) is 75.6. The van der Waals surface area contributed by atoms with Crippen LogP contribution in [0.1, 0.15) is 70.1 Å². The van der Waals surface area contributed by atoms with Gasteiger partial charge >= 0.3 is 6.09 Å². The minimum atomic E-state index is -0.758. The van der Waals surface area contributed by atoms with Gasteiger partial charge in [-0.05, 0) is 88.6 Å². The van der Waals surface area contributed by atoms with Crippen molar-refractivity contribution in [3.05, 3.63) is 53.2 Å². The van der Waals surface area contributed by atoms with E-state index in [0.717, 1.165) is 16.7 Å². The van der Waals surface area contributed by atoms with Crippen molar-refractivity contribution in [1.82, 2.24) is 19.7 Å². The van der Waals surface area contributed by atoms with Crippen LogP contribution in [-0.2, 0) is 37.4 Å². The van der Waals surface area contributed by atoms with Gasteiger partial charge in [0.15, 0.2) is 0 Å². The zero-order valence-electron chi connectivity index (χ0n) is 27.9. The number of ether oxygens (including phenoxy) is 1. The highest BCUT2D eigenvalue weighted by molar-refractivity contribution is 14.1. The highest BCUT2D eigenvalue weighted by atomic mass is 127. The van der Waals surface area contributed by atoms with E-state index in [0.29, 0.717) is 69.7 Å². The molecule has 6 rings (SSSR count). The molecule has 2 saturated heterocycles. The van der Waals surface area contributed by atoms with Crippen molar-refractivity contribution in [2.24, 2.45) is 5.41 Å². The van der Waals surface area contributed by atoms with E-state index in [9.17, 15) is 24.0 Å². The zero-order chi connectivity index (χ0) is 34.4. The first-order valence-electron chi connectivity index (χ1n) is 16.6. The van der Waals surface area contributed by atoms with Crippen LogP contribution in [0.5, 0.6) is 0 Å². The second-order valence-corrected chi connectivity index (χ2v) is 15.7. The zero-order valence-corrected chi connectivity index (χ0v) is 30.1. The minimum Gasteiger partial charge on any atom is -0.444 e. The van der Waals surface area contributed by atoms with Crippen LogP contribution >= 0.6 is 22.6 Å². The highest BCUT2D eigenvalue weighted by Crippen LogP contribution is 2.47. The van der Waals surface area contributed by atoms with Gasteiger partial charge in [-0.1, -0.05) is 19.1 Å². The molecule has 2 atom stereocenters. The minimum absolute atomic E-state index is 0.0479. The normalized spacial score (nSPS) is 22.9. The summed E-state index contributed by atoms with van der Waals surface area (Å²) in [6.07, 6.45) is 4.57. The topological polar surface area (TPSA) is 141 Å². The van der Waals surface area contributed by atoms with Crippen LogP contribution in [0.4, 0.5) is 21.1 Å². The Bertz CT molecular complexity index is 1650. The number of aromatic nitrogens is 1. The number of fused-ring (bicyclic) bond motifs is 3. The van der Waals surface area contributed by atoms with Crippen molar-refractivity contribution >= 4 is 61.8 Å². The summed E-state index contributed by atoms with van der Waals surface area (Å²) in [5, 5.41) is 5.93. The Labute approximate surface area is 294 Å². The lowest BCUT2D eigenvalue weighted by molar-refractivity contribution is -0.149. The Morgan fingerprint density at radius 2 is 1.81 bits per heavy atom. The molecule has 256 valence electrons. The fourth-order valence-electron chi connectivity index (χ4n) is 7.51. The summed E-state index contributed by atoms with van der Waals surface area (Å²) in [5.41, 5.74) is 1.38. The van der Waals surface area contributed by atoms with E-state index in [1.54, 1.807) is 43.5 Å². The van der Waals surface area contributed by atoms with Crippen molar-refractivity contribution in [2.75, 3.05) is 43.4 Å². The van der Waals surface area contributed by atoms with Crippen molar-refractivity contribution in [2.45, 2.75) is 83.3 Å². The first-order valence-corrected chi connectivity index (χ1v) is 17.7. The molecule has 1 aromatic heterocycles. The van der Waals surface area contributed by atoms with Gasteiger partial charge < -0.3 is 30.1 Å². The van der Waals surface area contributed by atoms with Gasteiger partial charge in [0.25, 0.3) is 3.91 Å². The maximum absolute atomic E-state index is 14.4. The number of hydrogen-bond donors (Lipinski definition) is 2. The highest BCUT2D eigenvalue weighted by Gasteiger charge is 2.51. The van der Waals surface area contributed by atoms with E-state index in [-0.39, 0.29) is 40.8 Å². The number of benzene rings is 1. The van der Waals surface area contributed by atoms with Gasteiger partial charge in [-0.2, -0.15) is 0 Å². The molecule has 48 heavy (non-hydrogen) atoms. The lowest BCUT2D eigenvalue weighted by atomic mass is 9.78. The fraction of sp³-hybridized carbons (Fsp3) is 0.543. The number of anilines is 2. The number of rotatable bonds is 5. The summed E-state index contributed by atoms with van der Waals surface area (Å²) in [6, 6.07) is 9.11. The third-order valence-electron chi connectivity index (χ3n) is 10.2. The number of piperidine rings is 2. The molecule has 12 nitrogen and oxygen atoms in total. The van der Waals surface area contributed by atoms with E-state index in [1.165, 1.54) is 0 Å². The third kappa shape index (κ3) is 6.74. The molecule has 0 radical (unpaired) electrons. The van der Waals surface area contributed by atoms with Crippen LogP contribution in [-0.4, -0.2) is 91.8 Å². The molecular weight excluding hydrogens is 727 g/mol. The van der Waals surface area contributed by atoms with Gasteiger partial charge in [0.1, 0.15) is 18.0 Å². The SMILES string of the molecule is CC(C)(C)OC(=O)N1CCC[C@H](N(CC(=O)Nc2ccc3c(c2)C[C@@]2(C3)C(=O)Nc3ncccc32)C(=O)C2(C)CCN(C(=O)I)CC2)C1. The Hall–Kier alpha value is -3.75. The summed E-state index contributed by atoms with van der Waals surface area (Å²) in [5.74, 6) is 0.0377. The van der Waals surface area contributed by atoms with Crippen LogP contribution in [0.2, 0.25) is 0 Å². The molecule has 2 N–H and O–H groups in total. The molecule has 1 spiro atoms. The van der Waals surface area contributed by atoms with Gasteiger partial charge in [-0.15, -0.1) is 0 Å². The second kappa shape index (κ2) is 12.9. The van der Waals surface area contributed by atoms with Crippen LogP contribution in [0.25, 0.3) is 0 Å². The van der Waals surface area contributed by atoms with E-state index in [4.69, 9.17) is 4.74 Å². The first-order chi connectivity index (χ1) is 22.7. The number of amides is 5. The lowest BCUT2D eigenvalue weighted by Gasteiger charge is -2.45. The Kier molecular flexibility index (Phi) is 9.20. The summed E-state index contributed by atoms with van der Waals surface area (Å²) >= 11 is 1.77. The molecule has 1 aromatic carbocycles. The molecule has 13 heteroatoms. The van der Waals surface area contributed by atoms with Crippen molar-refractivity contribution in [3.63, 3.8) is 0 Å². The predicted molar refractivity (Wildman–Crippen MR) is 188 cm³/mol. The van der Waals surface area contributed by atoms with Crippen molar-refractivity contribution in [3.8, 4) is 0 Å². The number of likely N-dealkylation sites (tertiary alicyclic amines) is 2. The number of hydrogen-bond acceptors (Lipinski definition) is 7. The van der Waals surface area contributed by atoms with Gasteiger partial charge in [0.2, 0.25) is 17.7 Å². The van der Waals surface area contributed by atoms with E-state index in [1.807, 2.05) is 58.0 Å². The Balaban J connectivity index is 1.19. The lowest BCUT2D eigenvalue weighted by Crippen LogP contribution is -2.58. The summed E-state index contributed by atoms with van der Waals surface area (Å²) in [6.45, 7) is 8.89. The number of carbonyl (C=O) groups is 5. The molecule has 0 unspecified atom stereocenters. The van der Waals surface area contributed by atoms with Gasteiger partial charge in [0.05, 0.1) is 11.5 Å². The standard InChI is InChI=1S/C35H43IN6O6/c1-33(2,3)48-32(47)41-14-6-7-25(20-41)42(30(45)34(4)11-15-40(16-12-34)31(36)46)21-27(43)38-24-10-9-22-18-35(19-23(22)17-24)26-8-5-13-37-28(26)39-29(35)44/h5,8-10,13,17,25H,6-7,11-12,14-16,18-21H2,1-4H3,(H,38,43)(H,37,39,44)/t25-,35+/m0/s1. The predicted octanol–water partition coefficient (Wildman–Crippen LogP) is 4.89. The molecule has 2 aromatic rings. The molecule has 4 aliphatic rings. The summed E-state index contributed by atoms with van der Waals surface area (Å²) < 4.78 is 5.58. The molecule has 3 aliphatic heterocycles. The Morgan fingerprint density at radius 1 is 1.08 bits per heavy atom. The molecule has 5 amide bonds. The number of nitrogens with zero attached hydrogens (tertiary/aromatic N) is 4. The fourth-order valence-corrected chi connectivity index (χ4v) is 7.99. The molecule has 2 fully saturated rings. The second-order valence-electron chi connectivity index (χ2n) is 14.8. The average molecular weight is 771 g/mol. The van der Waals surface area contributed by atoms with Crippen LogP contribution in [0.15, 0.2) is 36.5 Å². The summed E-state index contributed by atoms with van der Waals surface area (Å²) in [7, 11) is 0. The van der Waals surface area contributed by atoms with Gasteiger partial charge in [0, 0.05) is 71.6 Å². The average Bonchev–Trinajstić information content (AvgIpc) is 3.55. The number of halogens is 1. The van der Waals surface area contributed by atoms with Crippen molar-refractivity contribution < 1.29 is 28.7 Å². The maximum atomic E-state index is 14.4. The largest absolute Gasteiger partial charge is 0.444 e. The van der Waals surface area contributed by atoms with Gasteiger partial charge in [-0.25, -0.2) is 9.78 Å². The van der Waals surface area contributed by atoms with Crippen molar-refractivity contribution in [1.29, 1.82) is 0 Å². The molecule has 0 saturated carbocycles. The Morgan fingerprint density at radius 3 is 2.52 bits per heavy atom. The smallest absolute Gasteiger partial charge is 0.410 e. The molecule has 0 bridgehead atoms. The monoisotopic (exact) mass is 770 g/mol. The van der Waals surface area contributed by atoms with Gasteiger partial charge in [-0.3, -0.25) is 19.2 Å². The molecule has 4 heterocycles. The van der Waals surface area contributed by atoms with E-state index < -0.39 is 22.5 Å². The van der Waals surface area contributed by atoms with E-state index >= 15 is 0 Å². The molecule has 1 aliphatic carbocycles. The number of nitrogens with one attached hydrogen (secondary N) is 2. The number of pyridine rings is 1.